The Morgan fingerprint density at radius 3 is 2.53 bits per heavy atom. The molecule has 0 heterocycles. The van der Waals surface area contributed by atoms with Crippen molar-refractivity contribution in [2.75, 3.05) is 0 Å². The molecule has 0 amide bonds. The van der Waals surface area contributed by atoms with Crippen LogP contribution in [-0.4, -0.2) is 11.2 Å². The lowest BCUT2D eigenvalue weighted by atomic mass is 10.0. The van der Waals surface area contributed by atoms with Crippen LogP contribution < -0.4 is 0 Å². The van der Waals surface area contributed by atoms with Crippen LogP contribution in [0.2, 0.25) is 0 Å². The number of halogens is 4. The molecule has 0 N–H and O–H groups in total. The van der Waals surface area contributed by atoms with Crippen molar-refractivity contribution in [1.29, 1.82) is 0 Å². The van der Waals surface area contributed by atoms with E-state index in [1.54, 1.807) is 6.07 Å². The number of ketones is 1. The van der Waals surface area contributed by atoms with Crippen LogP contribution in [0.25, 0.3) is 0 Å². The molecule has 1 aromatic carbocycles. The monoisotopic (exact) mass is 344 g/mol. The fourth-order valence-electron chi connectivity index (χ4n) is 1.18. The third-order valence-electron chi connectivity index (χ3n) is 1.89. The summed E-state index contributed by atoms with van der Waals surface area (Å²) in [6, 6.07) is 4.36. The third kappa shape index (κ3) is 2.87. The molecule has 0 aliphatic carbocycles. The van der Waals surface area contributed by atoms with Crippen LogP contribution in [0.5, 0.6) is 0 Å². The normalized spacial score (nSPS) is 12.9. The third-order valence-corrected chi connectivity index (χ3v) is 2.99. The van der Waals surface area contributed by atoms with E-state index in [-0.39, 0.29) is 11.1 Å². The molecule has 1 nitrogen and oxygen atoms in total. The first-order valence-electron chi connectivity index (χ1n) is 4.20. The van der Waals surface area contributed by atoms with Gasteiger partial charge in [0.25, 0.3) is 6.43 Å². The molecule has 15 heavy (non-hydrogen) atoms. The molecule has 0 bridgehead atoms. The molecule has 0 spiro atoms. The highest BCUT2D eigenvalue weighted by Gasteiger charge is 2.23. The van der Waals surface area contributed by atoms with Crippen LogP contribution in [0.4, 0.5) is 8.78 Å². The van der Waals surface area contributed by atoms with E-state index in [1.807, 2.05) is 22.6 Å². The Balaban J connectivity index is 3.31. The largest absolute Gasteiger partial charge is 0.292 e. The maximum Gasteiger partial charge on any atom is 0.264 e. The van der Waals surface area contributed by atoms with Crippen LogP contribution in [-0.2, 0) is 0 Å². The van der Waals surface area contributed by atoms with Crippen LogP contribution in [0, 0.1) is 3.57 Å². The molecule has 82 valence electrons. The Hall–Kier alpha value is -0.230. The van der Waals surface area contributed by atoms with Crippen molar-refractivity contribution in [3.8, 4) is 0 Å². The Bertz CT molecular complexity index is 380. The van der Waals surface area contributed by atoms with Gasteiger partial charge in [0, 0.05) is 14.7 Å². The van der Waals surface area contributed by atoms with Gasteiger partial charge < -0.3 is 0 Å². The second kappa shape index (κ2) is 5.21. The maximum absolute atomic E-state index is 12.6. The molecule has 5 heteroatoms. The Kier molecular flexibility index (Phi) is 4.45. The lowest BCUT2D eigenvalue weighted by Crippen LogP contribution is -2.15. The van der Waals surface area contributed by atoms with E-state index in [9.17, 15) is 13.6 Å². The number of carbonyl (C=O) groups is 1. The van der Waals surface area contributed by atoms with Gasteiger partial charge >= 0.3 is 0 Å². The van der Waals surface area contributed by atoms with Crippen LogP contribution in [0.1, 0.15) is 29.3 Å². The van der Waals surface area contributed by atoms with Gasteiger partial charge in [-0.2, -0.15) is 0 Å². The average molecular weight is 345 g/mol. The van der Waals surface area contributed by atoms with Crippen molar-refractivity contribution in [1.82, 2.24) is 0 Å². The highest BCUT2D eigenvalue weighted by atomic mass is 127. The van der Waals surface area contributed by atoms with Crippen molar-refractivity contribution < 1.29 is 13.6 Å². The summed E-state index contributed by atoms with van der Waals surface area (Å²) in [6.45, 7) is 1.47. The van der Waals surface area contributed by atoms with Crippen molar-refractivity contribution in [3.05, 3.63) is 32.9 Å². The molecule has 0 saturated carbocycles. The lowest BCUT2D eigenvalue weighted by Gasteiger charge is -2.10. The second-order valence-corrected chi connectivity index (χ2v) is 4.80. The molecule has 1 unspecified atom stereocenters. The highest BCUT2D eigenvalue weighted by molar-refractivity contribution is 14.1. The Morgan fingerprint density at radius 1 is 1.47 bits per heavy atom. The predicted molar refractivity (Wildman–Crippen MR) is 63.8 cm³/mol. The molecule has 0 aliphatic heterocycles. The molecule has 0 aliphatic rings. The lowest BCUT2D eigenvalue weighted by molar-refractivity contribution is 0.0976. The summed E-state index contributed by atoms with van der Waals surface area (Å²) in [4.78, 5) is 11.6. The number of alkyl halides is 3. The van der Waals surface area contributed by atoms with Crippen molar-refractivity contribution in [2.45, 2.75) is 18.7 Å². The van der Waals surface area contributed by atoms with E-state index in [2.05, 4.69) is 0 Å². The minimum Gasteiger partial charge on any atom is -0.292 e. The van der Waals surface area contributed by atoms with Gasteiger partial charge in [0.2, 0.25) is 0 Å². The number of rotatable bonds is 3. The first-order chi connectivity index (χ1) is 6.95. The molecule has 1 atom stereocenters. The van der Waals surface area contributed by atoms with Crippen molar-refractivity contribution in [3.63, 3.8) is 0 Å². The standard InChI is InChI=1S/C10H8ClF2IO/c1-5(11)9(15)8-6(10(12)13)3-2-4-7(8)14/h2-5,10H,1H3. The van der Waals surface area contributed by atoms with E-state index >= 15 is 0 Å². The number of carbonyl (C=O) groups excluding carboxylic acids is 1. The fraction of sp³-hybridized carbons (Fsp3) is 0.300. The van der Waals surface area contributed by atoms with E-state index in [0.29, 0.717) is 3.57 Å². The van der Waals surface area contributed by atoms with Gasteiger partial charge in [0.1, 0.15) is 0 Å². The van der Waals surface area contributed by atoms with Crippen molar-refractivity contribution in [2.24, 2.45) is 0 Å². The Morgan fingerprint density at radius 2 is 2.07 bits per heavy atom. The van der Waals surface area contributed by atoms with E-state index in [0.717, 1.165) is 0 Å². The molecule has 1 rings (SSSR count). The van der Waals surface area contributed by atoms with Crippen molar-refractivity contribution >= 4 is 40.0 Å². The van der Waals surface area contributed by atoms with Gasteiger partial charge in [-0.1, -0.05) is 12.1 Å². The SMILES string of the molecule is CC(Cl)C(=O)c1c(I)cccc1C(F)F. The van der Waals surface area contributed by atoms with Gasteiger partial charge in [0.15, 0.2) is 5.78 Å². The van der Waals surface area contributed by atoms with Gasteiger partial charge in [-0.15, -0.1) is 11.6 Å². The minimum absolute atomic E-state index is 0.0376. The summed E-state index contributed by atoms with van der Waals surface area (Å²) in [6.07, 6.45) is -2.66. The smallest absolute Gasteiger partial charge is 0.264 e. The number of Topliss-reactive ketones (excluding diaryl/α,β-unsaturated/α-hetero) is 1. The van der Waals surface area contributed by atoms with E-state index in [1.165, 1.54) is 19.1 Å². The summed E-state index contributed by atoms with van der Waals surface area (Å²) in [5.74, 6) is -0.461. The minimum atomic E-state index is -2.66. The molecule has 0 aromatic heterocycles. The quantitative estimate of drug-likeness (QED) is 0.459. The molecule has 0 saturated heterocycles. The molecule has 1 aromatic rings. The molecular weight excluding hydrogens is 336 g/mol. The van der Waals surface area contributed by atoms with E-state index in [4.69, 9.17) is 11.6 Å². The molecule has 0 radical (unpaired) electrons. The summed E-state index contributed by atoms with van der Waals surface area (Å²) in [5.41, 5.74) is -0.213. The highest BCUT2D eigenvalue weighted by Crippen LogP contribution is 2.28. The summed E-state index contributed by atoms with van der Waals surface area (Å²) >= 11 is 7.47. The number of benzene rings is 1. The number of hydrogen-bond donors (Lipinski definition) is 0. The zero-order valence-electron chi connectivity index (χ0n) is 7.81. The summed E-state index contributed by atoms with van der Waals surface area (Å²) in [5, 5.41) is -0.793. The number of hydrogen-bond acceptors (Lipinski definition) is 1. The van der Waals surface area contributed by atoms with Gasteiger partial charge in [0.05, 0.1) is 5.38 Å². The first kappa shape index (κ1) is 12.8. The second-order valence-electron chi connectivity index (χ2n) is 2.99. The zero-order chi connectivity index (χ0) is 11.6. The molecule has 0 fully saturated rings. The average Bonchev–Trinajstić information content (AvgIpc) is 2.16. The van der Waals surface area contributed by atoms with Gasteiger partial charge in [-0.05, 0) is 35.6 Å². The predicted octanol–water partition coefficient (Wildman–Crippen LogP) is 4.04. The fourth-order valence-corrected chi connectivity index (χ4v) is 2.08. The zero-order valence-corrected chi connectivity index (χ0v) is 10.7. The maximum atomic E-state index is 12.6. The van der Waals surface area contributed by atoms with Gasteiger partial charge in [-0.25, -0.2) is 8.78 Å². The van der Waals surface area contributed by atoms with Crippen LogP contribution in [0.15, 0.2) is 18.2 Å². The first-order valence-corrected chi connectivity index (χ1v) is 5.71. The van der Waals surface area contributed by atoms with E-state index < -0.39 is 17.6 Å². The topological polar surface area (TPSA) is 17.1 Å². The summed E-state index contributed by atoms with van der Waals surface area (Å²) in [7, 11) is 0. The Labute approximate surface area is 105 Å². The van der Waals surface area contributed by atoms with Crippen LogP contribution in [0.3, 0.4) is 0 Å². The summed E-state index contributed by atoms with van der Waals surface area (Å²) < 4.78 is 25.8. The molecular formula is C10H8ClF2IO. The van der Waals surface area contributed by atoms with Gasteiger partial charge in [-0.3, -0.25) is 4.79 Å². The van der Waals surface area contributed by atoms with Crippen LogP contribution >= 0.6 is 34.2 Å².